The Bertz CT molecular complexity index is 1020. The third-order valence-corrected chi connectivity index (χ3v) is 4.31. The summed E-state index contributed by atoms with van der Waals surface area (Å²) in [6.45, 7) is 3.95. The van der Waals surface area contributed by atoms with Gasteiger partial charge in [0.1, 0.15) is 23.4 Å². The number of benzene rings is 2. The van der Waals surface area contributed by atoms with Gasteiger partial charge in [-0.1, -0.05) is 6.07 Å². The quantitative estimate of drug-likeness (QED) is 0.586. The first-order chi connectivity index (χ1) is 12.5. The predicted molar refractivity (Wildman–Crippen MR) is 106 cm³/mol. The highest BCUT2D eigenvalue weighted by Gasteiger charge is 2.10. The molecule has 0 bridgehead atoms. The molecule has 3 rings (SSSR count). The van der Waals surface area contributed by atoms with Crippen LogP contribution in [0.25, 0.3) is 22.7 Å². The zero-order valence-electron chi connectivity index (χ0n) is 14.7. The number of rotatable bonds is 5. The Balaban J connectivity index is 1.96. The van der Waals surface area contributed by atoms with E-state index >= 15 is 0 Å². The number of fused-ring (bicyclic) bond motifs is 1. The van der Waals surface area contributed by atoms with Crippen LogP contribution in [0, 0.1) is 11.3 Å². The number of hydrogen-bond acceptors (Lipinski definition) is 4. The Hall–Kier alpha value is -2.78. The molecular formula is C20H18BrN3O2. The van der Waals surface area contributed by atoms with E-state index in [1.165, 1.54) is 0 Å². The predicted octanol–water partition coefficient (Wildman–Crippen LogP) is 5.19. The molecular weight excluding hydrogens is 394 g/mol. The molecule has 0 fully saturated rings. The van der Waals surface area contributed by atoms with E-state index in [0.29, 0.717) is 11.4 Å². The number of nitriles is 1. The second-order valence-corrected chi connectivity index (χ2v) is 6.85. The maximum Gasteiger partial charge on any atom is 0.149 e. The molecule has 1 aromatic heterocycles. The van der Waals surface area contributed by atoms with Gasteiger partial charge in [-0.3, -0.25) is 0 Å². The molecule has 0 aliphatic rings. The topological polar surface area (TPSA) is 70.9 Å². The normalized spacial score (nSPS) is 11.6. The fraction of sp³-hybridized carbons (Fsp3) is 0.200. The van der Waals surface area contributed by atoms with Crippen molar-refractivity contribution in [2.75, 3.05) is 7.11 Å². The largest absolute Gasteiger partial charge is 0.497 e. The van der Waals surface area contributed by atoms with Crippen LogP contribution in [0.15, 0.2) is 40.9 Å². The molecule has 3 aromatic rings. The second-order valence-electron chi connectivity index (χ2n) is 5.99. The van der Waals surface area contributed by atoms with E-state index in [2.05, 4.69) is 32.0 Å². The van der Waals surface area contributed by atoms with Crippen LogP contribution in [0.3, 0.4) is 0 Å². The van der Waals surface area contributed by atoms with Gasteiger partial charge in [0.2, 0.25) is 0 Å². The van der Waals surface area contributed by atoms with Gasteiger partial charge in [0.15, 0.2) is 0 Å². The summed E-state index contributed by atoms with van der Waals surface area (Å²) in [5, 5.41) is 9.57. The lowest BCUT2D eigenvalue weighted by Gasteiger charge is -2.11. The Morgan fingerprint density at radius 2 is 2.08 bits per heavy atom. The first-order valence-electron chi connectivity index (χ1n) is 8.12. The highest BCUT2D eigenvalue weighted by Crippen LogP contribution is 2.29. The highest BCUT2D eigenvalue weighted by atomic mass is 79.9. The van der Waals surface area contributed by atoms with Crippen LogP contribution in [-0.2, 0) is 0 Å². The number of methoxy groups -OCH3 is 1. The lowest BCUT2D eigenvalue weighted by Crippen LogP contribution is -2.05. The minimum atomic E-state index is 0.0925. The number of nitrogens with zero attached hydrogens (tertiary/aromatic N) is 2. The number of hydrogen-bond donors (Lipinski definition) is 1. The maximum absolute atomic E-state index is 9.57. The van der Waals surface area contributed by atoms with Crippen molar-refractivity contribution in [2.45, 2.75) is 20.0 Å². The number of imidazole rings is 1. The first kappa shape index (κ1) is 18.0. The highest BCUT2D eigenvalue weighted by molar-refractivity contribution is 9.10. The van der Waals surface area contributed by atoms with E-state index < -0.39 is 0 Å². The molecule has 6 heteroatoms. The van der Waals surface area contributed by atoms with Gasteiger partial charge >= 0.3 is 0 Å². The zero-order valence-corrected chi connectivity index (χ0v) is 16.3. The van der Waals surface area contributed by atoms with Gasteiger partial charge in [0.05, 0.1) is 34.3 Å². The molecule has 0 saturated carbocycles. The molecule has 1 N–H and O–H groups in total. The van der Waals surface area contributed by atoms with Crippen molar-refractivity contribution in [1.82, 2.24) is 9.97 Å². The number of aromatic amines is 1. The SMILES string of the molecule is COc1ccc2nc(/C(C#N)=C\c3ccc(OC(C)C)c(Br)c3)[nH]c2c1. The van der Waals surface area contributed by atoms with Crippen LogP contribution in [0.1, 0.15) is 25.2 Å². The third kappa shape index (κ3) is 3.89. The van der Waals surface area contributed by atoms with Gasteiger partial charge in [-0.15, -0.1) is 0 Å². The maximum atomic E-state index is 9.57. The van der Waals surface area contributed by atoms with Crippen molar-refractivity contribution in [2.24, 2.45) is 0 Å². The molecule has 0 atom stereocenters. The van der Waals surface area contributed by atoms with Crippen LogP contribution < -0.4 is 9.47 Å². The van der Waals surface area contributed by atoms with Crippen LogP contribution in [0.5, 0.6) is 11.5 Å². The molecule has 0 radical (unpaired) electrons. The molecule has 0 spiro atoms. The second kappa shape index (κ2) is 7.63. The lowest BCUT2D eigenvalue weighted by atomic mass is 10.1. The van der Waals surface area contributed by atoms with Crippen LogP contribution >= 0.6 is 15.9 Å². The fourth-order valence-electron chi connectivity index (χ4n) is 2.52. The number of aromatic nitrogens is 2. The lowest BCUT2D eigenvalue weighted by molar-refractivity contribution is 0.241. The molecule has 132 valence electrons. The molecule has 0 unspecified atom stereocenters. The van der Waals surface area contributed by atoms with Crippen LogP contribution in [0.2, 0.25) is 0 Å². The minimum Gasteiger partial charge on any atom is -0.497 e. The summed E-state index contributed by atoms with van der Waals surface area (Å²) < 4.78 is 11.8. The van der Waals surface area contributed by atoms with E-state index in [4.69, 9.17) is 9.47 Å². The molecule has 5 nitrogen and oxygen atoms in total. The Morgan fingerprint density at radius 3 is 2.73 bits per heavy atom. The summed E-state index contributed by atoms with van der Waals surface area (Å²) in [4.78, 5) is 7.67. The number of allylic oxidation sites excluding steroid dienone is 1. The van der Waals surface area contributed by atoms with Crippen LogP contribution in [0.4, 0.5) is 0 Å². The monoisotopic (exact) mass is 411 g/mol. The summed E-state index contributed by atoms with van der Waals surface area (Å²) in [7, 11) is 1.61. The van der Waals surface area contributed by atoms with Crippen molar-refractivity contribution in [3.8, 4) is 17.6 Å². The third-order valence-electron chi connectivity index (χ3n) is 3.69. The Labute approximate surface area is 160 Å². The van der Waals surface area contributed by atoms with Gasteiger partial charge in [-0.25, -0.2) is 4.98 Å². The van der Waals surface area contributed by atoms with E-state index in [-0.39, 0.29) is 6.10 Å². The van der Waals surface area contributed by atoms with Gasteiger partial charge < -0.3 is 14.5 Å². The smallest absolute Gasteiger partial charge is 0.149 e. The van der Waals surface area contributed by atoms with Gasteiger partial charge in [0, 0.05) is 6.07 Å². The average molecular weight is 412 g/mol. The summed E-state index contributed by atoms with van der Waals surface area (Å²) in [5.74, 6) is 2.03. The van der Waals surface area contributed by atoms with Crippen LogP contribution in [-0.4, -0.2) is 23.2 Å². The number of ether oxygens (including phenoxy) is 2. The van der Waals surface area contributed by atoms with Gasteiger partial charge in [0.25, 0.3) is 0 Å². The zero-order chi connectivity index (χ0) is 18.7. The molecule has 0 aliphatic heterocycles. The number of nitrogens with one attached hydrogen (secondary N) is 1. The summed E-state index contributed by atoms with van der Waals surface area (Å²) in [5.41, 5.74) is 2.93. The average Bonchev–Trinajstić information content (AvgIpc) is 3.04. The summed E-state index contributed by atoms with van der Waals surface area (Å²) >= 11 is 3.51. The van der Waals surface area contributed by atoms with Crippen molar-refractivity contribution < 1.29 is 9.47 Å². The van der Waals surface area contributed by atoms with Gasteiger partial charge in [-0.05, 0) is 65.7 Å². The molecule has 0 amide bonds. The van der Waals surface area contributed by atoms with Crippen molar-refractivity contribution in [1.29, 1.82) is 5.26 Å². The molecule has 0 aliphatic carbocycles. The molecule has 26 heavy (non-hydrogen) atoms. The van der Waals surface area contributed by atoms with Crippen molar-refractivity contribution in [3.63, 3.8) is 0 Å². The van der Waals surface area contributed by atoms with E-state index in [1.54, 1.807) is 13.2 Å². The Kier molecular flexibility index (Phi) is 5.29. The van der Waals surface area contributed by atoms with E-state index in [9.17, 15) is 5.26 Å². The fourth-order valence-corrected chi connectivity index (χ4v) is 3.01. The van der Waals surface area contributed by atoms with E-state index in [0.717, 1.165) is 32.6 Å². The van der Waals surface area contributed by atoms with Gasteiger partial charge in [-0.2, -0.15) is 5.26 Å². The van der Waals surface area contributed by atoms with Crippen molar-refractivity contribution in [3.05, 3.63) is 52.3 Å². The first-order valence-corrected chi connectivity index (χ1v) is 8.91. The Morgan fingerprint density at radius 1 is 1.27 bits per heavy atom. The summed E-state index contributed by atoms with van der Waals surface area (Å²) in [6, 6.07) is 13.5. The molecule has 0 saturated heterocycles. The molecule has 2 aromatic carbocycles. The van der Waals surface area contributed by atoms with E-state index in [1.807, 2.05) is 50.2 Å². The molecule has 1 heterocycles. The standard InChI is InChI=1S/C20H18BrN3O2/c1-12(2)26-19-7-4-13(9-16(19)21)8-14(11-22)20-23-17-6-5-15(25-3)10-18(17)24-20/h4-10,12H,1-3H3,(H,23,24)/b14-8-. The number of halogens is 1. The van der Waals surface area contributed by atoms with Crippen molar-refractivity contribution >= 4 is 38.6 Å². The summed E-state index contributed by atoms with van der Waals surface area (Å²) in [6.07, 6.45) is 1.88. The number of H-pyrrole nitrogens is 1. The minimum absolute atomic E-state index is 0.0925.